The Morgan fingerprint density at radius 3 is 2.52 bits per heavy atom. The number of pyridine rings is 1. The molecule has 0 aliphatic rings. The van der Waals surface area contributed by atoms with Gasteiger partial charge < -0.3 is 4.57 Å². The summed E-state index contributed by atoms with van der Waals surface area (Å²) >= 11 is 0. The Hall–Kier alpha value is -3.24. The highest BCUT2D eigenvalue weighted by Crippen LogP contribution is 2.14. The Balaban J connectivity index is 1.89. The summed E-state index contributed by atoms with van der Waals surface area (Å²) in [4.78, 5) is 21.0. The van der Waals surface area contributed by atoms with E-state index in [1.54, 1.807) is 41.5 Å². The largest absolute Gasteiger partial charge is 0.327 e. The van der Waals surface area contributed by atoms with Crippen molar-refractivity contribution in [2.75, 3.05) is 6.26 Å². The summed E-state index contributed by atoms with van der Waals surface area (Å²) in [6.07, 6.45) is 7.72. The number of aromatic nitrogens is 3. The van der Waals surface area contributed by atoms with E-state index >= 15 is 0 Å². The van der Waals surface area contributed by atoms with Gasteiger partial charge in [-0.2, -0.15) is 4.36 Å². The van der Waals surface area contributed by atoms with Crippen LogP contribution in [0.4, 0.5) is 0 Å². The minimum atomic E-state index is -2.84. The number of hydrogen-bond acceptors (Lipinski definition) is 4. The van der Waals surface area contributed by atoms with Crippen LogP contribution in [-0.4, -0.2) is 30.9 Å². The molecule has 1 atom stereocenters. The average molecular weight is 378 g/mol. The molecular formula is C20H18N4O2S. The smallest absolute Gasteiger partial charge is 0.286 e. The van der Waals surface area contributed by atoms with Gasteiger partial charge >= 0.3 is 0 Å². The summed E-state index contributed by atoms with van der Waals surface area (Å²) in [6, 6.07) is 8.72. The molecule has 1 unspecified atom stereocenters. The summed E-state index contributed by atoms with van der Waals surface area (Å²) in [7, 11) is -0.996. The molecule has 1 aromatic carbocycles. The van der Waals surface area contributed by atoms with E-state index in [9.17, 15) is 9.00 Å². The number of rotatable bonds is 2. The van der Waals surface area contributed by atoms with E-state index in [-0.39, 0.29) is 5.56 Å². The van der Waals surface area contributed by atoms with Crippen molar-refractivity contribution in [3.05, 3.63) is 77.6 Å². The van der Waals surface area contributed by atoms with E-state index in [1.807, 2.05) is 26.1 Å². The topological polar surface area (TPSA) is 77.2 Å². The van der Waals surface area contributed by atoms with Crippen LogP contribution >= 0.6 is 0 Å². The van der Waals surface area contributed by atoms with Gasteiger partial charge in [0.25, 0.3) is 5.91 Å². The van der Waals surface area contributed by atoms with Gasteiger partial charge in [-0.05, 0) is 31.0 Å². The van der Waals surface area contributed by atoms with Gasteiger partial charge in [0.05, 0.1) is 27.8 Å². The van der Waals surface area contributed by atoms with Crippen LogP contribution in [0.2, 0.25) is 0 Å². The van der Waals surface area contributed by atoms with Crippen LogP contribution in [0.15, 0.2) is 64.5 Å². The fourth-order valence-electron chi connectivity index (χ4n) is 2.29. The highest BCUT2D eigenvalue weighted by Gasteiger charge is 2.12. The molecule has 0 saturated carbocycles. The lowest BCUT2D eigenvalue weighted by molar-refractivity contribution is 0.100. The van der Waals surface area contributed by atoms with Gasteiger partial charge in [-0.3, -0.25) is 9.78 Å². The first-order valence-corrected chi connectivity index (χ1v) is 10.0. The third-order valence-electron chi connectivity index (χ3n) is 3.85. The van der Waals surface area contributed by atoms with Gasteiger partial charge in [0.1, 0.15) is 5.69 Å². The van der Waals surface area contributed by atoms with Crippen molar-refractivity contribution < 1.29 is 9.00 Å². The second-order valence-corrected chi connectivity index (χ2v) is 8.37. The standard InChI is InChI=1S/C20H18N4O2S/c1-15-4-8-19(9-5-15)27(3,26)23-20(25)17-10-16(11-21-12-17)6-7-18-13-22-14-24(18)2/h4-5,8-14H,1-3H3. The second kappa shape index (κ2) is 7.56. The molecule has 0 aliphatic heterocycles. The zero-order valence-corrected chi connectivity index (χ0v) is 16.0. The molecule has 2 aromatic heterocycles. The maximum absolute atomic E-state index is 12.8. The molecule has 27 heavy (non-hydrogen) atoms. The van der Waals surface area contributed by atoms with Gasteiger partial charge in [-0.15, -0.1) is 0 Å². The van der Waals surface area contributed by atoms with Gasteiger partial charge in [0.15, 0.2) is 0 Å². The number of aryl methyl sites for hydroxylation is 2. The minimum Gasteiger partial charge on any atom is -0.327 e. The zero-order chi connectivity index (χ0) is 19.4. The maximum atomic E-state index is 12.8. The molecule has 1 amide bonds. The van der Waals surface area contributed by atoms with Crippen molar-refractivity contribution in [2.45, 2.75) is 11.8 Å². The summed E-state index contributed by atoms with van der Waals surface area (Å²) in [5.41, 5.74) is 2.60. The molecule has 2 heterocycles. The van der Waals surface area contributed by atoms with Crippen LogP contribution in [0.3, 0.4) is 0 Å². The van der Waals surface area contributed by atoms with E-state index in [2.05, 4.69) is 26.2 Å². The number of hydrogen-bond donors (Lipinski definition) is 0. The summed E-state index contributed by atoms with van der Waals surface area (Å²) < 4.78 is 18.6. The molecule has 0 saturated heterocycles. The quantitative estimate of drug-likeness (QED) is 0.643. The van der Waals surface area contributed by atoms with Crippen LogP contribution in [0.25, 0.3) is 0 Å². The molecule has 136 valence electrons. The number of carbonyl (C=O) groups is 1. The fourth-order valence-corrected chi connectivity index (χ4v) is 3.46. The second-order valence-electron chi connectivity index (χ2n) is 6.11. The lowest BCUT2D eigenvalue weighted by Gasteiger charge is -2.04. The monoisotopic (exact) mass is 378 g/mol. The van der Waals surface area contributed by atoms with Crippen molar-refractivity contribution in [2.24, 2.45) is 11.4 Å². The first-order valence-electron chi connectivity index (χ1n) is 8.12. The Morgan fingerprint density at radius 1 is 1.11 bits per heavy atom. The van der Waals surface area contributed by atoms with E-state index in [0.29, 0.717) is 10.5 Å². The number of imidazole rings is 1. The molecule has 0 aliphatic carbocycles. The zero-order valence-electron chi connectivity index (χ0n) is 15.2. The number of carbonyl (C=O) groups excluding carboxylic acids is 1. The van der Waals surface area contributed by atoms with E-state index < -0.39 is 15.6 Å². The minimum absolute atomic E-state index is 0.244. The van der Waals surface area contributed by atoms with Crippen molar-refractivity contribution in [3.63, 3.8) is 0 Å². The van der Waals surface area contributed by atoms with E-state index in [1.165, 1.54) is 12.5 Å². The number of nitrogens with zero attached hydrogens (tertiary/aromatic N) is 4. The van der Waals surface area contributed by atoms with Crippen LogP contribution in [0, 0.1) is 18.8 Å². The lowest BCUT2D eigenvalue weighted by Crippen LogP contribution is -2.04. The third-order valence-corrected chi connectivity index (χ3v) is 5.51. The summed E-state index contributed by atoms with van der Waals surface area (Å²) in [6.45, 7) is 1.94. The molecule has 3 aromatic rings. The molecule has 0 spiro atoms. The van der Waals surface area contributed by atoms with Crippen LogP contribution < -0.4 is 0 Å². The number of benzene rings is 1. The molecule has 7 heteroatoms. The molecule has 3 rings (SSSR count). The van der Waals surface area contributed by atoms with Gasteiger partial charge in [-0.25, -0.2) is 9.19 Å². The lowest BCUT2D eigenvalue weighted by atomic mass is 10.2. The summed E-state index contributed by atoms with van der Waals surface area (Å²) in [5, 5.41) is 0. The normalized spacial score (nSPS) is 12.6. The Labute approximate surface area is 158 Å². The third kappa shape index (κ3) is 4.49. The SMILES string of the molecule is Cc1ccc(S(C)(=O)=NC(=O)c2cncc(C#Cc3cncn3C)c2)cc1. The van der Waals surface area contributed by atoms with Gasteiger partial charge in [0.2, 0.25) is 0 Å². The predicted octanol–water partition coefficient (Wildman–Crippen LogP) is 2.82. The molecule has 6 nitrogen and oxygen atoms in total. The van der Waals surface area contributed by atoms with E-state index in [4.69, 9.17) is 0 Å². The maximum Gasteiger partial charge on any atom is 0.286 e. The first-order chi connectivity index (χ1) is 12.8. The Morgan fingerprint density at radius 2 is 1.85 bits per heavy atom. The predicted molar refractivity (Wildman–Crippen MR) is 104 cm³/mol. The van der Waals surface area contributed by atoms with Crippen molar-refractivity contribution in [1.82, 2.24) is 14.5 Å². The molecular weight excluding hydrogens is 360 g/mol. The van der Waals surface area contributed by atoms with Crippen LogP contribution in [0.1, 0.15) is 27.2 Å². The van der Waals surface area contributed by atoms with Crippen LogP contribution in [0.5, 0.6) is 0 Å². The molecule has 0 fully saturated rings. The molecule has 0 N–H and O–H groups in total. The van der Waals surface area contributed by atoms with Gasteiger partial charge in [-0.1, -0.05) is 23.6 Å². The Bertz CT molecular complexity index is 1170. The van der Waals surface area contributed by atoms with Crippen molar-refractivity contribution in [1.29, 1.82) is 0 Å². The highest BCUT2D eigenvalue weighted by atomic mass is 32.2. The Kier molecular flexibility index (Phi) is 5.19. The highest BCUT2D eigenvalue weighted by molar-refractivity contribution is 7.93. The van der Waals surface area contributed by atoms with Crippen molar-refractivity contribution >= 4 is 15.6 Å². The summed E-state index contributed by atoms with van der Waals surface area (Å²) in [5.74, 6) is 5.33. The molecule has 0 radical (unpaired) electrons. The number of amides is 1. The van der Waals surface area contributed by atoms with Crippen molar-refractivity contribution in [3.8, 4) is 11.8 Å². The fraction of sp³-hybridized carbons (Fsp3) is 0.150. The molecule has 0 bridgehead atoms. The van der Waals surface area contributed by atoms with Gasteiger partial charge in [0, 0.05) is 36.2 Å². The first kappa shape index (κ1) is 18.5. The average Bonchev–Trinajstić information content (AvgIpc) is 3.05. The van der Waals surface area contributed by atoms with Crippen LogP contribution in [-0.2, 0) is 16.8 Å². The van der Waals surface area contributed by atoms with E-state index in [0.717, 1.165) is 11.3 Å².